The highest BCUT2D eigenvalue weighted by Gasteiger charge is 2.40. The Balaban J connectivity index is 1.05. The number of halogens is 2. The van der Waals surface area contributed by atoms with Gasteiger partial charge >= 0.3 is 5.97 Å². The Labute approximate surface area is 253 Å². The molecule has 0 spiro atoms. The molecule has 7 rings (SSSR count). The number of para-hydroxylation sites is 1. The number of imidazole rings is 1. The van der Waals surface area contributed by atoms with Crippen molar-refractivity contribution in [2.24, 2.45) is 0 Å². The molecule has 0 bridgehead atoms. The van der Waals surface area contributed by atoms with Crippen LogP contribution in [0, 0.1) is 5.82 Å². The molecule has 0 aliphatic carbocycles. The predicted octanol–water partition coefficient (Wildman–Crippen LogP) is 6.43. The number of fused-ring (bicyclic) bond motifs is 2. The first-order valence-corrected chi connectivity index (χ1v) is 15.1. The first-order valence-electron chi connectivity index (χ1n) is 14.8. The van der Waals surface area contributed by atoms with E-state index in [0.717, 1.165) is 67.1 Å². The number of aromatic nitrogens is 2. The molecule has 10 heteroatoms. The summed E-state index contributed by atoms with van der Waals surface area (Å²) >= 11 is 5.94. The van der Waals surface area contributed by atoms with E-state index in [0.29, 0.717) is 35.3 Å². The Kier molecular flexibility index (Phi) is 7.27. The fourth-order valence-corrected chi connectivity index (χ4v) is 6.62. The summed E-state index contributed by atoms with van der Waals surface area (Å²) in [5, 5.41) is 9.89. The summed E-state index contributed by atoms with van der Waals surface area (Å²) in [7, 11) is 0. The number of aromatic carboxylic acids is 1. The average molecular weight is 606 g/mol. The number of rotatable bonds is 8. The lowest BCUT2D eigenvalue weighted by Gasteiger charge is -2.33. The number of carboxylic acid groups (broad SMARTS) is 1. The van der Waals surface area contributed by atoms with Gasteiger partial charge in [-0.1, -0.05) is 29.8 Å². The molecule has 3 aliphatic heterocycles. The second kappa shape index (κ2) is 11.1. The van der Waals surface area contributed by atoms with Crippen molar-refractivity contribution >= 4 is 28.6 Å². The van der Waals surface area contributed by atoms with Gasteiger partial charge in [0.05, 0.1) is 42.2 Å². The van der Waals surface area contributed by atoms with Crippen LogP contribution in [0.1, 0.15) is 59.4 Å². The number of benzene rings is 3. The van der Waals surface area contributed by atoms with E-state index in [9.17, 15) is 14.3 Å². The molecule has 4 aromatic rings. The van der Waals surface area contributed by atoms with Gasteiger partial charge in [0.2, 0.25) is 0 Å². The third-order valence-corrected chi connectivity index (χ3v) is 9.06. The summed E-state index contributed by atoms with van der Waals surface area (Å²) in [4.78, 5) is 18.9. The standard InChI is InChI=1S/C33H33ClFN3O5/c1-33(17-22-5-7-23(34)16-26(22)35)42-29-4-2-3-25(31(29)43-33)20-9-12-37(13-10-20)19-30-36-27-8-6-21(32(39)40)15-28(27)38(30)18-24-11-14-41-24/h2-8,15-16,20,24H,9-14,17-19H2,1H3,(H,39,40)/t24-,33?/m0/s1. The van der Waals surface area contributed by atoms with Crippen LogP contribution >= 0.6 is 11.6 Å². The van der Waals surface area contributed by atoms with E-state index in [1.54, 1.807) is 30.3 Å². The largest absolute Gasteiger partial charge is 0.478 e. The SMILES string of the molecule is CC1(Cc2ccc(Cl)cc2F)Oc2cccc(C3CCN(Cc4nc5ccc(C(=O)O)cc5n4C[C@@H]4CCO4)CC3)c2O1. The zero-order valence-electron chi connectivity index (χ0n) is 23.9. The van der Waals surface area contributed by atoms with E-state index in [2.05, 4.69) is 15.5 Å². The van der Waals surface area contributed by atoms with E-state index in [-0.39, 0.29) is 23.9 Å². The Hall–Kier alpha value is -3.66. The highest BCUT2D eigenvalue weighted by Crippen LogP contribution is 2.47. The molecule has 2 saturated heterocycles. The molecule has 224 valence electrons. The molecule has 1 aromatic heterocycles. The minimum absolute atomic E-state index is 0.125. The van der Waals surface area contributed by atoms with Crippen molar-refractivity contribution in [1.82, 2.24) is 14.5 Å². The fourth-order valence-electron chi connectivity index (χ4n) is 6.46. The van der Waals surface area contributed by atoms with Gasteiger partial charge < -0.3 is 23.9 Å². The lowest BCUT2D eigenvalue weighted by molar-refractivity contribution is -0.0615. The molecule has 1 unspecified atom stereocenters. The monoisotopic (exact) mass is 605 g/mol. The number of carboxylic acids is 1. The van der Waals surface area contributed by atoms with Crippen molar-refractivity contribution in [3.8, 4) is 11.5 Å². The van der Waals surface area contributed by atoms with Gasteiger partial charge in [-0.3, -0.25) is 4.90 Å². The van der Waals surface area contributed by atoms with Crippen molar-refractivity contribution in [3.63, 3.8) is 0 Å². The van der Waals surface area contributed by atoms with E-state index in [4.69, 9.17) is 30.8 Å². The summed E-state index contributed by atoms with van der Waals surface area (Å²) in [6.07, 6.45) is 3.25. The van der Waals surface area contributed by atoms with E-state index in [1.807, 2.05) is 19.1 Å². The molecule has 1 N–H and O–H groups in total. The van der Waals surface area contributed by atoms with Crippen molar-refractivity contribution in [3.05, 3.63) is 88.0 Å². The summed E-state index contributed by atoms with van der Waals surface area (Å²) in [6.45, 7) is 5.70. The molecule has 0 radical (unpaired) electrons. The first kappa shape index (κ1) is 28.1. The van der Waals surface area contributed by atoms with Crippen LogP contribution in [0.15, 0.2) is 54.6 Å². The first-order chi connectivity index (χ1) is 20.7. The number of hydrogen-bond donors (Lipinski definition) is 1. The Bertz CT molecular complexity index is 1700. The predicted molar refractivity (Wildman–Crippen MR) is 160 cm³/mol. The number of nitrogens with zero attached hydrogens (tertiary/aromatic N) is 3. The van der Waals surface area contributed by atoms with E-state index < -0.39 is 11.8 Å². The van der Waals surface area contributed by atoms with E-state index in [1.165, 1.54) is 6.07 Å². The number of hydrogen-bond acceptors (Lipinski definition) is 6. The summed E-state index contributed by atoms with van der Waals surface area (Å²) in [5.74, 6) is 0.313. The van der Waals surface area contributed by atoms with Gasteiger partial charge in [-0.2, -0.15) is 0 Å². The molecule has 0 amide bonds. The maximum Gasteiger partial charge on any atom is 0.335 e. The van der Waals surface area contributed by atoms with Crippen LogP contribution in [0.5, 0.6) is 11.5 Å². The van der Waals surface area contributed by atoms with Gasteiger partial charge in [0.1, 0.15) is 11.6 Å². The molecule has 3 aliphatic rings. The average Bonchev–Trinajstić information content (AvgIpc) is 3.48. The van der Waals surface area contributed by atoms with Crippen LogP contribution in [0.3, 0.4) is 0 Å². The second-order valence-electron chi connectivity index (χ2n) is 11.9. The molecule has 2 fully saturated rings. The van der Waals surface area contributed by atoms with Crippen molar-refractivity contribution < 1.29 is 28.5 Å². The molecule has 3 aromatic carbocycles. The lowest BCUT2D eigenvalue weighted by Crippen LogP contribution is -2.37. The van der Waals surface area contributed by atoms with Crippen molar-refractivity contribution in [1.29, 1.82) is 0 Å². The van der Waals surface area contributed by atoms with E-state index >= 15 is 0 Å². The number of ether oxygens (including phenoxy) is 3. The minimum atomic E-state index is -1.02. The Morgan fingerprint density at radius 1 is 1.12 bits per heavy atom. The van der Waals surface area contributed by atoms with Crippen LogP contribution in [0.4, 0.5) is 4.39 Å². The zero-order valence-corrected chi connectivity index (χ0v) is 24.6. The van der Waals surface area contributed by atoms with Crippen LogP contribution < -0.4 is 9.47 Å². The topological polar surface area (TPSA) is 86.1 Å². The highest BCUT2D eigenvalue weighted by atomic mass is 35.5. The molecule has 2 atom stereocenters. The normalized spacial score (nSPS) is 22.2. The maximum atomic E-state index is 14.5. The van der Waals surface area contributed by atoms with Crippen LogP contribution in [0.2, 0.25) is 5.02 Å². The number of carbonyl (C=O) groups is 1. The molecule has 4 heterocycles. The fraction of sp³-hybridized carbons (Fsp3) is 0.394. The Morgan fingerprint density at radius 2 is 1.93 bits per heavy atom. The van der Waals surface area contributed by atoms with Crippen LogP contribution in [0.25, 0.3) is 11.0 Å². The van der Waals surface area contributed by atoms with Gasteiger partial charge in [0, 0.05) is 24.1 Å². The third kappa shape index (κ3) is 5.57. The van der Waals surface area contributed by atoms with Gasteiger partial charge in [0.15, 0.2) is 11.5 Å². The quantitative estimate of drug-likeness (QED) is 0.248. The third-order valence-electron chi connectivity index (χ3n) is 8.83. The van der Waals surface area contributed by atoms with Gasteiger partial charge in [-0.15, -0.1) is 0 Å². The highest BCUT2D eigenvalue weighted by molar-refractivity contribution is 6.30. The van der Waals surface area contributed by atoms with Crippen molar-refractivity contribution in [2.75, 3.05) is 19.7 Å². The van der Waals surface area contributed by atoms with Gasteiger partial charge in [0.25, 0.3) is 5.79 Å². The minimum Gasteiger partial charge on any atom is -0.478 e. The van der Waals surface area contributed by atoms with Gasteiger partial charge in [-0.05, 0) is 80.2 Å². The molecular formula is C33H33ClFN3O5. The molecular weight excluding hydrogens is 573 g/mol. The number of likely N-dealkylation sites (tertiary alicyclic amines) is 1. The maximum absolute atomic E-state index is 14.5. The molecule has 8 nitrogen and oxygen atoms in total. The van der Waals surface area contributed by atoms with Crippen LogP contribution in [-0.2, 0) is 24.2 Å². The summed E-state index contributed by atoms with van der Waals surface area (Å²) < 4.78 is 35.0. The molecule has 43 heavy (non-hydrogen) atoms. The number of piperidine rings is 1. The second-order valence-corrected chi connectivity index (χ2v) is 12.3. The van der Waals surface area contributed by atoms with Gasteiger partial charge in [-0.25, -0.2) is 14.2 Å². The summed E-state index contributed by atoms with van der Waals surface area (Å²) in [6, 6.07) is 15.8. The Morgan fingerprint density at radius 3 is 2.65 bits per heavy atom. The van der Waals surface area contributed by atoms with Crippen LogP contribution in [-0.4, -0.2) is 57.1 Å². The summed E-state index contributed by atoms with van der Waals surface area (Å²) in [5.41, 5.74) is 3.50. The lowest BCUT2D eigenvalue weighted by atomic mass is 9.88. The zero-order chi connectivity index (χ0) is 29.7. The smallest absolute Gasteiger partial charge is 0.335 e. The van der Waals surface area contributed by atoms with Crippen molar-refractivity contribution in [2.45, 2.75) is 63.5 Å². The molecule has 0 saturated carbocycles.